The van der Waals surface area contributed by atoms with Crippen LogP contribution in [0.4, 0.5) is 10.8 Å². The molecule has 1 N–H and O–H groups in total. The summed E-state index contributed by atoms with van der Waals surface area (Å²) in [4.78, 5) is 28.1. The van der Waals surface area contributed by atoms with Crippen LogP contribution in [0.15, 0.2) is 84.0 Å². The number of nitrogens with one attached hydrogen (secondary N) is 1. The Kier molecular flexibility index (Phi) is 6.51. The van der Waals surface area contributed by atoms with Crippen LogP contribution in [0.5, 0.6) is 5.75 Å². The van der Waals surface area contributed by atoms with Crippen LogP contribution in [0, 0.1) is 17.0 Å². The zero-order valence-electron chi connectivity index (χ0n) is 17.5. The molecule has 1 heterocycles. The number of hydrogen-bond acceptors (Lipinski definition) is 8. The van der Waals surface area contributed by atoms with Crippen molar-refractivity contribution in [2.24, 2.45) is 5.10 Å². The number of benzene rings is 3. The van der Waals surface area contributed by atoms with E-state index in [9.17, 15) is 14.9 Å². The number of hydrazone groups is 1. The van der Waals surface area contributed by atoms with E-state index in [2.05, 4.69) is 15.5 Å². The van der Waals surface area contributed by atoms with Gasteiger partial charge < -0.3 is 4.74 Å². The number of carbonyl (C=O) groups is 1. The van der Waals surface area contributed by atoms with Crippen LogP contribution in [0.25, 0.3) is 11.3 Å². The van der Waals surface area contributed by atoms with Crippen LogP contribution >= 0.6 is 11.3 Å². The van der Waals surface area contributed by atoms with Crippen molar-refractivity contribution in [1.29, 1.82) is 0 Å². The third-order valence-electron chi connectivity index (χ3n) is 4.62. The Balaban J connectivity index is 1.35. The molecule has 0 amide bonds. The first-order valence-electron chi connectivity index (χ1n) is 9.88. The van der Waals surface area contributed by atoms with E-state index in [0.29, 0.717) is 10.9 Å². The maximum absolute atomic E-state index is 12.2. The molecule has 0 saturated carbocycles. The molecule has 0 spiro atoms. The standard InChI is InChI=1S/C24H18N4O4S/c1-16-22(18-5-3-2-4-6-18)26-24(33-16)27-25-15-17-7-13-21(14-8-17)32-23(29)19-9-11-20(12-10-19)28(30)31/h2-15H,1H3,(H,26,27)/b25-15-. The van der Waals surface area contributed by atoms with Crippen LogP contribution in [0.2, 0.25) is 0 Å². The fraction of sp³-hybridized carbons (Fsp3) is 0.0417. The molecule has 0 saturated heterocycles. The number of nitro groups is 1. The van der Waals surface area contributed by atoms with Gasteiger partial charge in [0.2, 0.25) is 5.13 Å². The van der Waals surface area contributed by atoms with Gasteiger partial charge in [-0.25, -0.2) is 9.78 Å². The molecule has 0 bridgehead atoms. The van der Waals surface area contributed by atoms with Gasteiger partial charge in [0.1, 0.15) is 5.75 Å². The number of nitrogens with zero attached hydrogens (tertiary/aromatic N) is 3. The summed E-state index contributed by atoms with van der Waals surface area (Å²) in [7, 11) is 0. The lowest BCUT2D eigenvalue weighted by atomic mass is 10.1. The van der Waals surface area contributed by atoms with Gasteiger partial charge in [-0.1, -0.05) is 30.3 Å². The second kappa shape index (κ2) is 9.84. The maximum atomic E-state index is 12.2. The highest BCUT2D eigenvalue weighted by atomic mass is 32.1. The van der Waals surface area contributed by atoms with Gasteiger partial charge in [0.25, 0.3) is 5.69 Å². The van der Waals surface area contributed by atoms with Gasteiger partial charge in [0.15, 0.2) is 0 Å². The molecular formula is C24H18N4O4S. The van der Waals surface area contributed by atoms with Gasteiger partial charge in [-0.2, -0.15) is 5.10 Å². The summed E-state index contributed by atoms with van der Waals surface area (Å²) < 4.78 is 5.31. The molecule has 4 aromatic rings. The number of thiazole rings is 1. The molecule has 0 aliphatic rings. The van der Waals surface area contributed by atoms with Crippen LogP contribution in [-0.4, -0.2) is 22.1 Å². The van der Waals surface area contributed by atoms with E-state index >= 15 is 0 Å². The summed E-state index contributed by atoms with van der Waals surface area (Å²) in [6.45, 7) is 2.02. The van der Waals surface area contributed by atoms with E-state index in [1.165, 1.54) is 35.6 Å². The van der Waals surface area contributed by atoms with Crippen LogP contribution in [0.3, 0.4) is 0 Å². The van der Waals surface area contributed by atoms with E-state index < -0.39 is 10.9 Å². The van der Waals surface area contributed by atoms with Crippen molar-refractivity contribution in [3.05, 3.63) is 105 Å². The molecule has 0 aliphatic carbocycles. The molecule has 0 aliphatic heterocycles. The lowest BCUT2D eigenvalue weighted by Crippen LogP contribution is -2.08. The number of rotatable bonds is 7. The average Bonchev–Trinajstić information content (AvgIpc) is 3.21. The van der Waals surface area contributed by atoms with Gasteiger partial charge in [-0.3, -0.25) is 15.5 Å². The minimum Gasteiger partial charge on any atom is -0.423 e. The third kappa shape index (κ3) is 5.46. The number of anilines is 1. The molecule has 164 valence electrons. The largest absolute Gasteiger partial charge is 0.423 e. The first-order chi connectivity index (χ1) is 16.0. The van der Waals surface area contributed by atoms with Gasteiger partial charge in [0, 0.05) is 22.6 Å². The highest BCUT2D eigenvalue weighted by Crippen LogP contribution is 2.30. The Hall–Kier alpha value is -4.37. The zero-order valence-corrected chi connectivity index (χ0v) is 18.3. The molecule has 1 aromatic heterocycles. The number of carbonyl (C=O) groups excluding carboxylic acids is 1. The van der Waals surface area contributed by atoms with Crippen LogP contribution in [-0.2, 0) is 0 Å². The van der Waals surface area contributed by atoms with Crippen molar-refractivity contribution in [1.82, 2.24) is 4.98 Å². The Morgan fingerprint density at radius 1 is 1.06 bits per heavy atom. The Morgan fingerprint density at radius 2 is 1.76 bits per heavy atom. The number of aryl methyl sites for hydroxylation is 1. The minimum absolute atomic E-state index is 0.0898. The van der Waals surface area contributed by atoms with Crippen LogP contribution < -0.4 is 10.2 Å². The van der Waals surface area contributed by atoms with Gasteiger partial charge in [-0.15, -0.1) is 11.3 Å². The number of hydrogen-bond donors (Lipinski definition) is 1. The first kappa shape index (κ1) is 21.8. The average molecular weight is 458 g/mol. The summed E-state index contributed by atoms with van der Waals surface area (Å²) in [6.07, 6.45) is 1.64. The molecule has 3 aromatic carbocycles. The van der Waals surface area contributed by atoms with Crippen molar-refractivity contribution in [3.63, 3.8) is 0 Å². The van der Waals surface area contributed by atoms with Crippen molar-refractivity contribution < 1.29 is 14.5 Å². The van der Waals surface area contributed by atoms with E-state index in [0.717, 1.165) is 21.7 Å². The van der Waals surface area contributed by atoms with Gasteiger partial charge in [0.05, 0.1) is 22.4 Å². The predicted octanol–water partition coefficient (Wildman–Crippen LogP) is 5.69. The number of aromatic nitrogens is 1. The summed E-state index contributed by atoms with van der Waals surface area (Å²) >= 11 is 1.52. The molecule has 0 radical (unpaired) electrons. The summed E-state index contributed by atoms with van der Waals surface area (Å²) in [5, 5.41) is 15.6. The van der Waals surface area contributed by atoms with Crippen molar-refractivity contribution in [2.45, 2.75) is 6.92 Å². The molecule has 8 nitrogen and oxygen atoms in total. The molecule has 4 rings (SSSR count). The van der Waals surface area contributed by atoms with Crippen molar-refractivity contribution in [3.8, 4) is 17.0 Å². The normalized spacial score (nSPS) is 10.8. The summed E-state index contributed by atoms with van der Waals surface area (Å²) in [5.74, 6) is -0.243. The Labute approximate surface area is 193 Å². The second-order valence-electron chi connectivity index (χ2n) is 6.92. The van der Waals surface area contributed by atoms with Gasteiger partial charge >= 0.3 is 5.97 Å². The lowest BCUT2D eigenvalue weighted by Gasteiger charge is -2.04. The van der Waals surface area contributed by atoms with E-state index in [1.54, 1.807) is 30.5 Å². The van der Waals surface area contributed by atoms with E-state index in [4.69, 9.17) is 4.74 Å². The molecule has 0 atom stereocenters. The summed E-state index contributed by atoms with van der Waals surface area (Å²) in [6, 6.07) is 22.0. The highest BCUT2D eigenvalue weighted by molar-refractivity contribution is 7.15. The first-order valence-corrected chi connectivity index (χ1v) is 10.7. The third-order valence-corrected chi connectivity index (χ3v) is 5.50. The van der Waals surface area contributed by atoms with Crippen LogP contribution in [0.1, 0.15) is 20.8 Å². The molecular weight excluding hydrogens is 440 g/mol. The van der Waals surface area contributed by atoms with Crippen molar-refractivity contribution in [2.75, 3.05) is 5.43 Å². The molecule has 0 fully saturated rings. The molecule has 33 heavy (non-hydrogen) atoms. The van der Waals surface area contributed by atoms with E-state index in [-0.39, 0.29) is 11.3 Å². The second-order valence-corrected chi connectivity index (χ2v) is 8.13. The Bertz CT molecular complexity index is 1300. The molecule has 9 heteroatoms. The van der Waals surface area contributed by atoms with E-state index in [1.807, 2.05) is 37.3 Å². The number of esters is 1. The quantitative estimate of drug-likeness (QED) is 0.125. The zero-order chi connectivity index (χ0) is 23.2. The number of non-ortho nitro benzene ring substituents is 1. The Morgan fingerprint density at radius 3 is 2.42 bits per heavy atom. The predicted molar refractivity (Wildman–Crippen MR) is 128 cm³/mol. The summed E-state index contributed by atoms with van der Waals surface area (Å²) in [5.41, 5.74) is 5.87. The van der Waals surface area contributed by atoms with Crippen molar-refractivity contribution >= 4 is 34.3 Å². The highest BCUT2D eigenvalue weighted by Gasteiger charge is 2.12. The smallest absolute Gasteiger partial charge is 0.343 e. The number of ether oxygens (including phenoxy) is 1. The maximum Gasteiger partial charge on any atom is 0.343 e. The SMILES string of the molecule is Cc1sc(N/N=C\c2ccc(OC(=O)c3ccc([N+](=O)[O-])cc3)cc2)nc1-c1ccccc1. The lowest BCUT2D eigenvalue weighted by molar-refractivity contribution is -0.384. The minimum atomic E-state index is -0.596. The fourth-order valence-electron chi connectivity index (χ4n) is 2.98. The fourth-order valence-corrected chi connectivity index (χ4v) is 3.76. The monoisotopic (exact) mass is 458 g/mol. The van der Waals surface area contributed by atoms with Gasteiger partial charge in [-0.05, 0) is 48.9 Å². The molecule has 0 unspecified atom stereocenters. The topological polar surface area (TPSA) is 107 Å². The number of nitro benzene ring substituents is 1.